The van der Waals surface area contributed by atoms with Crippen molar-refractivity contribution in [1.82, 2.24) is 5.32 Å². The summed E-state index contributed by atoms with van der Waals surface area (Å²) in [5.74, 6) is 0.648. The van der Waals surface area contributed by atoms with E-state index in [0.717, 1.165) is 24.3 Å². The van der Waals surface area contributed by atoms with Gasteiger partial charge in [-0.15, -0.1) is 0 Å². The Morgan fingerprint density at radius 2 is 2.00 bits per heavy atom. The number of carbonyl (C=O) groups excluding carboxylic acids is 1. The van der Waals surface area contributed by atoms with Gasteiger partial charge in [0.1, 0.15) is 11.5 Å². The maximum atomic E-state index is 13.1. The lowest BCUT2D eigenvalue weighted by Crippen LogP contribution is -2.39. The van der Waals surface area contributed by atoms with Gasteiger partial charge in [0, 0.05) is 30.3 Å². The van der Waals surface area contributed by atoms with Crippen LogP contribution in [-0.4, -0.2) is 25.7 Å². The average Bonchev–Trinajstić information content (AvgIpc) is 2.62. The molecule has 0 atom stereocenters. The maximum Gasteiger partial charge on any atom is 0.259 e. The van der Waals surface area contributed by atoms with Crippen LogP contribution in [0.25, 0.3) is 0 Å². The Bertz CT molecular complexity index is 894. The van der Waals surface area contributed by atoms with Gasteiger partial charge in [0.2, 0.25) is 0 Å². The van der Waals surface area contributed by atoms with E-state index in [4.69, 9.17) is 21.1 Å². The van der Waals surface area contributed by atoms with Crippen LogP contribution in [0.1, 0.15) is 49.2 Å². The molecule has 0 fully saturated rings. The molecular formula is C22H27ClN2O3. The molecule has 6 heteroatoms. The minimum atomic E-state index is -0.266. The van der Waals surface area contributed by atoms with E-state index in [0.29, 0.717) is 22.1 Å². The lowest BCUT2D eigenvalue weighted by atomic mass is 9.78. The molecule has 1 amide bonds. The monoisotopic (exact) mass is 402 g/mol. The van der Waals surface area contributed by atoms with Crippen molar-refractivity contribution in [1.29, 1.82) is 0 Å². The van der Waals surface area contributed by atoms with Gasteiger partial charge in [0.25, 0.3) is 5.91 Å². The van der Waals surface area contributed by atoms with Gasteiger partial charge in [-0.05, 0) is 37.1 Å². The smallest absolute Gasteiger partial charge is 0.259 e. The van der Waals surface area contributed by atoms with E-state index in [1.54, 1.807) is 12.1 Å². The Morgan fingerprint density at radius 1 is 1.25 bits per heavy atom. The minimum Gasteiger partial charge on any atom is -0.496 e. The highest BCUT2D eigenvalue weighted by Crippen LogP contribution is 2.37. The third-order valence-electron chi connectivity index (χ3n) is 4.82. The van der Waals surface area contributed by atoms with Crippen molar-refractivity contribution in [2.45, 2.75) is 45.8 Å². The highest BCUT2D eigenvalue weighted by Gasteiger charge is 2.30. The zero-order valence-corrected chi connectivity index (χ0v) is 17.7. The van der Waals surface area contributed by atoms with Gasteiger partial charge in [-0.3, -0.25) is 4.79 Å². The number of nitrogens with one attached hydrogen (secondary N) is 2. The van der Waals surface area contributed by atoms with Crippen molar-refractivity contribution in [2.24, 2.45) is 0 Å². The Kier molecular flexibility index (Phi) is 5.87. The van der Waals surface area contributed by atoms with E-state index in [-0.39, 0.29) is 17.4 Å². The Balaban J connectivity index is 1.96. The van der Waals surface area contributed by atoms with Gasteiger partial charge in [0.15, 0.2) is 0 Å². The summed E-state index contributed by atoms with van der Waals surface area (Å²) in [6, 6.07) is 9.24. The molecule has 0 bridgehead atoms. The summed E-state index contributed by atoms with van der Waals surface area (Å²) in [4.78, 5) is 13.1. The predicted molar refractivity (Wildman–Crippen MR) is 113 cm³/mol. The molecule has 0 aromatic heterocycles. The van der Waals surface area contributed by atoms with Gasteiger partial charge >= 0.3 is 0 Å². The van der Waals surface area contributed by atoms with Crippen LogP contribution < -0.4 is 20.1 Å². The molecule has 1 heterocycles. The lowest BCUT2D eigenvalue weighted by molar-refractivity contribution is 0.102. The first-order valence-electron chi connectivity index (χ1n) is 9.41. The fraction of sp³-hybridized carbons (Fsp3) is 0.409. The van der Waals surface area contributed by atoms with Crippen LogP contribution in [0, 0.1) is 0 Å². The van der Waals surface area contributed by atoms with Gasteiger partial charge in [-0.2, -0.15) is 0 Å². The molecule has 1 aliphatic rings. The van der Waals surface area contributed by atoms with Crippen LogP contribution >= 0.6 is 11.6 Å². The maximum absolute atomic E-state index is 13.1. The highest BCUT2D eigenvalue weighted by molar-refractivity contribution is 6.32. The molecule has 0 unspecified atom stereocenters. The summed E-state index contributed by atoms with van der Waals surface area (Å²) in [6.45, 7) is 9.81. The largest absolute Gasteiger partial charge is 0.496 e. The van der Waals surface area contributed by atoms with Crippen LogP contribution in [0.2, 0.25) is 5.02 Å². The lowest BCUT2D eigenvalue weighted by Gasteiger charge is -2.35. The molecule has 150 valence electrons. The molecule has 2 N–H and O–H groups in total. The molecule has 0 saturated carbocycles. The first kappa shape index (κ1) is 20.5. The molecule has 0 aliphatic carbocycles. The summed E-state index contributed by atoms with van der Waals surface area (Å²) in [6.07, 6.45) is -0.0337. The molecule has 0 spiro atoms. The number of hydrogen-bond donors (Lipinski definition) is 2. The Labute approximate surface area is 171 Å². The molecule has 0 saturated heterocycles. The molecule has 0 radical (unpaired) electrons. The second kappa shape index (κ2) is 8.02. The molecule has 2 aromatic rings. The summed E-state index contributed by atoms with van der Waals surface area (Å²) < 4.78 is 11.1. The quantitative estimate of drug-likeness (QED) is 0.756. The van der Waals surface area contributed by atoms with E-state index < -0.39 is 0 Å². The summed E-state index contributed by atoms with van der Waals surface area (Å²) in [5, 5.41) is 6.86. The number of anilines is 1. The van der Waals surface area contributed by atoms with E-state index in [1.807, 2.05) is 26.0 Å². The standard InChI is InChI=1S/C22H27ClN2O3/c1-13(2)28-19-10-18(27-5)15(9-16(19)23)21(26)25-17-8-6-7-14-11-24-12-22(3,4)20(14)17/h6-10,13,24H,11-12H2,1-5H3,(H,25,26). The normalized spacial score (nSPS) is 15.1. The third kappa shape index (κ3) is 4.10. The molecule has 3 rings (SSSR count). The number of methoxy groups -OCH3 is 1. The van der Waals surface area contributed by atoms with Crippen LogP contribution in [0.15, 0.2) is 30.3 Å². The van der Waals surface area contributed by atoms with Gasteiger partial charge in [0.05, 0.1) is 23.8 Å². The summed E-state index contributed by atoms with van der Waals surface area (Å²) in [7, 11) is 1.53. The number of ether oxygens (including phenoxy) is 2. The van der Waals surface area contributed by atoms with Crippen molar-refractivity contribution in [3.63, 3.8) is 0 Å². The third-order valence-corrected chi connectivity index (χ3v) is 5.11. The first-order chi connectivity index (χ1) is 13.2. The van der Waals surface area contributed by atoms with Crippen LogP contribution in [0.4, 0.5) is 5.69 Å². The topological polar surface area (TPSA) is 59.6 Å². The number of carbonyl (C=O) groups is 1. The second-order valence-electron chi connectivity index (χ2n) is 7.93. The molecule has 2 aromatic carbocycles. The zero-order chi connectivity index (χ0) is 20.5. The summed E-state index contributed by atoms with van der Waals surface area (Å²) >= 11 is 6.34. The van der Waals surface area contributed by atoms with Gasteiger partial charge < -0.3 is 20.1 Å². The SMILES string of the molecule is COc1cc(OC(C)C)c(Cl)cc1C(=O)Nc1cccc2c1C(C)(C)CNC2. The van der Waals surface area contributed by atoms with Crippen LogP contribution in [0.5, 0.6) is 11.5 Å². The van der Waals surface area contributed by atoms with Crippen molar-refractivity contribution < 1.29 is 14.3 Å². The van der Waals surface area contributed by atoms with E-state index >= 15 is 0 Å². The number of rotatable bonds is 5. The van der Waals surface area contributed by atoms with Crippen LogP contribution in [-0.2, 0) is 12.0 Å². The van der Waals surface area contributed by atoms with Crippen molar-refractivity contribution in [3.8, 4) is 11.5 Å². The van der Waals surface area contributed by atoms with Crippen LogP contribution in [0.3, 0.4) is 0 Å². The van der Waals surface area contributed by atoms with E-state index in [1.165, 1.54) is 12.7 Å². The minimum absolute atomic E-state index is 0.0337. The predicted octanol–water partition coefficient (Wildman–Crippen LogP) is 4.77. The molecular weight excluding hydrogens is 376 g/mol. The molecule has 5 nitrogen and oxygen atoms in total. The molecule has 1 aliphatic heterocycles. The fourth-order valence-electron chi connectivity index (χ4n) is 3.66. The number of benzene rings is 2. The van der Waals surface area contributed by atoms with Crippen molar-refractivity contribution in [3.05, 3.63) is 52.0 Å². The Morgan fingerprint density at radius 3 is 2.68 bits per heavy atom. The van der Waals surface area contributed by atoms with E-state index in [9.17, 15) is 4.79 Å². The van der Waals surface area contributed by atoms with Crippen molar-refractivity contribution in [2.75, 3.05) is 19.0 Å². The Hall–Kier alpha value is -2.24. The number of amides is 1. The van der Waals surface area contributed by atoms with E-state index in [2.05, 4.69) is 30.5 Å². The average molecular weight is 403 g/mol. The summed E-state index contributed by atoms with van der Waals surface area (Å²) in [5.41, 5.74) is 3.45. The second-order valence-corrected chi connectivity index (χ2v) is 8.34. The number of halogens is 1. The van der Waals surface area contributed by atoms with Gasteiger partial charge in [-0.25, -0.2) is 0 Å². The zero-order valence-electron chi connectivity index (χ0n) is 17.0. The fourth-order valence-corrected chi connectivity index (χ4v) is 3.87. The number of hydrogen-bond acceptors (Lipinski definition) is 4. The van der Waals surface area contributed by atoms with Gasteiger partial charge in [-0.1, -0.05) is 37.6 Å². The first-order valence-corrected chi connectivity index (χ1v) is 9.79. The highest BCUT2D eigenvalue weighted by atomic mass is 35.5. The number of fused-ring (bicyclic) bond motifs is 1. The van der Waals surface area contributed by atoms with Crippen molar-refractivity contribution >= 4 is 23.2 Å². The molecule has 28 heavy (non-hydrogen) atoms.